The number of nitrogens with zero attached hydrogens (tertiary/aromatic N) is 3. The number of hydrogen-bond acceptors (Lipinski definition) is 6. The first kappa shape index (κ1) is 20.2. The largest absolute Gasteiger partial charge is 0.465 e. The van der Waals surface area contributed by atoms with Gasteiger partial charge in [-0.25, -0.2) is 19.2 Å². The van der Waals surface area contributed by atoms with Gasteiger partial charge in [0, 0.05) is 18.7 Å². The van der Waals surface area contributed by atoms with Crippen LogP contribution >= 0.6 is 0 Å². The molecule has 1 N–H and O–H groups in total. The van der Waals surface area contributed by atoms with E-state index < -0.39 is 5.97 Å². The van der Waals surface area contributed by atoms with Gasteiger partial charge >= 0.3 is 5.97 Å². The lowest BCUT2D eigenvalue weighted by Gasteiger charge is -2.34. The van der Waals surface area contributed by atoms with Crippen LogP contribution in [-0.2, 0) is 4.74 Å². The molecule has 1 aromatic heterocycles. The first-order valence-electron chi connectivity index (χ1n) is 10.0. The fourth-order valence-electron chi connectivity index (χ4n) is 3.96. The van der Waals surface area contributed by atoms with Crippen LogP contribution in [0.15, 0.2) is 42.5 Å². The average molecular weight is 409 g/mol. The van der Waals surface area contributed by atoms with Crippen LogP contribution < -0.4 is 4.90 Å². The number of methoxy groups -OCH3 is 1. The maximum Gasteiger partial charge on any atom is 0.337 e. The molecule has 6 nitrogen and oxygen atoms in total. The molecule has 2 aromatic carbocycles. The molecule has 0 atom stereocenters. The number of fused-ring (bicyclic) bond motifs is 1. The Balaban J connectivity index is 1.83. The molecule has 1 saturated carbocycles. The van der Waals surface area contributed by atoms with Crippen LogP contribution in [-0.4, -0.2) is 47.3 Å². The first-order chi connectivity index (χ1) is 14.5. The average Bonchev–Trinajstić information content (AvgIpc) is 2.78. The molecule has 4 rings (SSSR count). The van der Waals surface area contributed by atoms with Crippen molar-refractivity contribution in [2.75, 3.05) is 19.1 Å². The molecule has 1 heterocycles. The number of aliphatic hydroxyl groups excluding tert-OH is 1. The Morgan fingerprint density at radius 1 is 1.07 bits per heavy atom. The zero-order chi connectivity index (χ0) is 21.3. The summed E-state index contributed by atoms with van der Waals surface area (Å²) in [6.45, 7) is 0. The van der Waals surface area contributed by atoms with E-state index in [9.17, 15) is 14.3 Å². The summed E-state index contributed by atoms with van der Waals surface area (Å²) in [5.41, 5.74) is 3.05. The van der Waals surface area contributed by atoms with Gasteiger partial charge in [-0.1, -0.05) is 0 Å². The highest BCUT2D eigenvalue weighted by Crippen LogP contribution is 2.33. The Labute approximate surface area is 174 Å². The third-order valence-corrected chi connectivity index (χ3v) is 5.73. The number of aliphatic hydroxyl groups is 1. The molecule has 0 bridgehead atoms. The monoisotopic (exact) mass is 409 g/mol. The molecule has 0 unspecified atom stereocenters. The zero-order valence-corrected chi connectivity index (χ0v) is 17.0. The van der Waals surface area contributed by atoms with E-state index in [-0.39, 0.29) is 18.0 Å². The topological polar surface area (TPSA) is 75.5 Å². The Morgan fingerprint density at radius 2 is 1.77 bits per heavy atom. The predicted octanol–water partition coefficient (Wildman–Crippen LogP) is 3.96. The maximum absolute atomic E-state index is 13.5. The van der Waals surface area contributed by atoms with Gasteiger partial charge in [-0.15, -0.1) is 0 Å². The second-order valence-corrected chi connectivity index (χ2v) is 7.67. The molecule has 0 spiro atoms. The number of carbonyl (C=O) groups excluding carboxylic acids is 1. The highest BCUT2D eigenvalue weighted by Gasteiger charge is 2.26. The molecule has 1 aliphatic carbocycles. The minimum Gasteiger partial charge on any atom is -0.465 e. The quantitative estimate of drug-likeness (QED) is 0.658. The summed E-state index contributed by atoms with van der Waals surface area (Å²) in [7, 11) is 3.31. The summed E-state index contributed by atoms with van der Waals surface area (Å²) < 4.78 is 18.3. The fourth-order valence-corrected chi connectivity index (χ4v) is 3.96. The molecule has 1 fully saturated rings. The fraction of sp³-hybridized carbons (Fsp3) is 0.348. The van der Waals surface area contributed by atoms with Crippen LogP contribution in [0.1, 0.15) is 36.0 Å². The highest BCUT2D eigenvalue weighted by molar-refractivity contribution is 5.94. The van der Waals surface area contributed by atoms with E-state index in [0.717, 1.165) is 31.2 Å². The van der Waals surface area contributed by atoms with E-state index in [4.69, 9.17) is 14.7 Å². The number of aromatic nitrogens is 2. The molecular formula is C23H24FN3O3. The van der Waals surface area contributed by atoms with Crippen molar-refractivity contribution in [3.05, 3.63) is 53.8 Å². The van der Waals surface area contributed by atoms with Gasteiger partial charge in [0.15, 0.2) is 5.82 Å². The molecule has 156 valence electrons. The van der Waals surface area contributed by atoms with E-state index in [2.05, 4.69) is 4.90 Å². The second-order valence-electron chi connectivity index (χ2n) is 7.67. The molecule has 0 aliphatic heterocycles. The van der Waals surface area contributed by atoms with Gasteiger partial charge in [0.05, 0.1) is 29.8 Å². The second kappa shape index (κ2) is 8.36. The van der Waals surface area contributed by atoms with Crippen molar-refractivity contribution in [2.45, 2.75) is 37.8 Å². The number of esters is 1. The maximum atomic E-state index is 13.5. The van der Waals surface area contributed by atoms with E-state index in [1.807, 2.05) is 7.05 Å². The lowest BCUT2D eigenvalue weighted by molar-refractivity contribution is 0.0601. The van der Waals surface area contributed by atoms with Gasteiger partial charge in [-0.05, 0) is 68.1 Å². The van der Waals surface area contributed by atoms with E-state index in [1.165, 1.54) is 19.2 Å². The summed E-state index contributed by atoms with van der Waals surface area (Å²) in [4.78, 5) is 23.7. The van der Waals surface area contributed by atoms with Crippen molar-refractivity contribution in [2.24, 2.45) is 0 Å². The van der Waals surface area contributed by atoms with Gasteiger partial charge in [0.2, 0.25) is 0 Å². The molecule has 0 radical (unpaired) electrons. The third kappa shape index (κ3) is 3.98. The van der Waals surface area contributed by atoms with Crippen molar-refractivity contribution < 1.29 is 19.0 Å². The predicted molar refractivity (Wildman–Crippen MR) is 113 cm³/mol. The Morgan fingerprint density at radius 3 is 2.43 bits per heavy atom. The van der Waals surface area contributed by atoms with E-state index in [0.29, 0.717) is 28.1 Å². The van der Waals surface area contributed by atoms with Crippen LogP contribution in [0.4, 0.5) is 10.2 Å². The van der Waals surface area contributed by atoms with E-state index in [1.54, 1.807) is 30.3 Å². The van der Waals surface area contributed by atoms with Gasteiger partial charge in [0.25, 0.3) is 0 Å². The minimum absolute atomic E-state index is 0.211. The number of carbonyl (C=O) groups is 1. The van der Waals surface area contributed by atoms with Crippen molar-refractivity contribution >= 4 is 22.8 Å². The van der Waals surface area contributed by atoms with Crippen LogP contribution in [0.5, 0.6) is 0 Å². The Kier molecular flexibility index (Phi) is 5.63. The van der Waals surface area contributed by atoms with Gasteiger partial charge in [0.1, 0.15) is 11.5 Å². The number of ether oxygens (including phenoxy) is 1. The summed E-state index contributed by atoms with van der Waals surface area (Å²) >= 11 is 0. The molecular weight excluding hydrogens is 385 g/mol. The third-order valence-electron chi connectivity index (χ3n) is 5.73. The van der Waals surface area contributed by atoms with E-state index >= 15 is 0 Å². The van der Waals surface area contributed by atoms with Crippen molar-refractivity contribution in [1.82, 2.24) is 9.97 Å². The normalized spacial score (nSPS) is 18.9. The highest BCUT2D eigenvalue weighted by atomic mass is 19.1. The Hall–Kier alpha value is -3.06. The van der Waals surface area contributed by atoms with Gasteiger partial charge in [-0.3, -0.25) is 0 Å². The number of halogens is 1. The summed E-state index contributed by atoms with van der Waals surface area (Å²) in [5.74, 6) is -0.0820. The molecule has 0 amide bonds. The Bertz CT molecular complexity index is 1060. The summed E-state index contributed by atoms with van der Waals surface area (Å²) in [5, 5.41) is 9.86. The van der Waals surface area contributed by atoms with Gasteiger partial charge < -0.3 is 14.7 Å². The van der Waals surface area contributed by atoms with Crippen LogP contribution in [0.3, 0.4) is 0 Å². The first-order valence-corrected chi connectivity index (χ1v) is 10.0. The summed E-state index contributed by atoms with van der Waals surface area (Å²) in [6, 6.07) is 11.5. The van der Waals surface area contributed by atoms with Crippen LogP contribution in [0, 0.1) is 5.82 Å². The summed E-state index contributed by atoms with van der Waals surface area (Å²) in [6.07, 6.45) is 2.93. The molecule has 7 heteroatoms. The van der Waals surface area contributed by atoms with Crippen LogP contribution in [0.25, 0.3) is 22.3 Å². The molecule has 3 aromatic rings. The number of benzene rings is 2. The zero-order valence-electron chi connectivity index (χ0n) is 17.0. The SMILES string of the molecule is COC(=O)c1ccc2nc(-c3ccc(F)cc3)c(N(C)C3CCC(O)CC3)nc2c1. The number of hydrogen-bond donors (Lipinski definition) is 1. The molecule has 1 aliphatic rings. The standard InChI is InChI=1S/C23H24FN3O3/c1-27(17-8-10-18(28)11-9-17)22-21(14-3-6-16(24)7-4-14)25-19-12-5-15(23(29)30-2)13-20(19)26-22/h3-7,12-13,17-18,28H,8-11H2,1-2H3. The van der Waals surface area contributed by atoms with Crippen molar-refractivity contribution in [3.63, 3.8) is 0 Å². The van der Waals surface area contributed by atoms with Crippen LogP contribution in [0.2, 0.25) is 0 Å². The lowest BCUT2D eigenvalue weighted by atomic mass is 9.92. The van der Waals surface area contributed by atoms with Crippen molar-refractivity contribution in [3.8, 4) is 11.3 Å². The number of anilines is 1. The molecule has 30 heavy (non-hydrogen) atoms. The van der Waals surface area contributed by atoms with Gasteiger partial charge in [-0.2, -0.15) is 0 Å². The lowest BCUT2D eigenvalue weighted by Crippen LogP contribution is -2.37. The smallest absolute Gasteiger partial charge is 0.337 e. The minimum atomic E-state index is -0.433. The van der Waals surface area contributed by atoms with Crippen molar-refractivity contribution in [1.29, 1.82) is 0 Å². The number of rotatable bonds is 4. The molecule has 0 saturated heterocycles.